The molecule has 5 rings (SSSR count). The first-order valence-electron chi connectivity index (χ1n) is 8.65. The van der Waals surface area contributed by atoms with Crippen molar-refractivity contribution in [3.63, 3.8) is 0 Å². The van der Waals surface area contributed by atoms with E-state index in [0.717, 1.165) is 16.9 Å². The van der Waals surface area contributed by atoms with Gasteiger partial charge in [-0.3, -0.25) is 0 Å². The van der Waals surface area contributed by atoms with Crippen LogP contribution in [0.4, 0.5) is 0 Å². The summed E-state index contributed by atoms with van der Waals surface area (Å²) in [4.78, 5) is 0. The molecular weight excluding hydrogens is 304 g/mol. The molecule has 0 amide bonds. The summed E-state index contributed by atoms with van der Waals surface area (Å²) >= 11 is 0. The molecule has 1 aliphatic heterocycles. The largest absolute Gasteiger partial charge is 0.465 e. The standard InChI is InChI=1S/C21H17B2NO/c22-15-7-9-18-14(10-15)11-19-17-8-6-16(23)12-20(17)25-21(24(18)19)13-4-2-1-3-5-13/h1-12,21H,22-23H2/t21-/m1/s1. The van der Waals surface area contributed by atoms with E-state index in [-0.39, 0.29) is 6.23 Å². The van der Waals surface area contributed by atoms with Crippen molar-refractivity contribution in [2.45, 2.75) is 6.23 Å². The lowest BCUT2D eigenvalue weighted by Crippen LogP contribution is -2.23. The Morgan fingerprint density at radius 2 is 1.56 bits per heavy atom. The molecule has 1 aliphatic rings. The first-order chi connectivity index (χ1) is 12.2. The third kappa shape index (κ3) is 2.21. The molecule has 1 atom stereocenters. The summed E-state index contributed by atoms with van der Waals surface area (Å²) in [6.45, 7) is 0. The fourth-order valence-corrected chi connectivity index (χ4v) is 3.76. The smallest absolute Gasteiger partial charge is 0.203 e. The van der Waals surface area contributed by atoms with Gasteiger partial charge in [0.15, 0.2) is 0 Å². The molecule has 3 aromatic carbocycles. The minimum absolute atomic E-state index is 0.147. The lowest BCUT2D eigenvalue weighted by Gasteiger charge is -2.30. The van der Waals surface area contributed by atoms with Crippen molar-refractivity contribution in [3.8, 4) is 17.0 Å². The number of aromatic nitrogens is 1. The molecule has 0 saturated heterocycles. The molecular formula is C21H17B2NO. The van der Waals surface area contributed by atoms with Crippen molar-refractivity contribution < 1.29 is 4.74 Å². The van der Waals surface area contributed by atoms with Crippen LogP contribution in [0.5, 0.6) is 5.75 Å². The summed E-state index contributed by atoms with van der Waals surface area (Å²) in [5, 5.41) is 1.26. The summed E-state index contributed by atoms with van der Waals surface area (Å²) in [5.41, 5.74) is 7.24. The first kappa shape index (κ1) is 14.5. The fourth-order valence-electron chi connectivity index (χ4n) is 3.76. The van der Waals surface area contributed by atoms with Crippen molar-refractivity contribution in [1.82, 2.24) is 4.57 Å². The lowest BCUT2D eigenvalue weighted by atomic mass is 9.93. The van der Waals surface area contributed by atoms with E-state index < -0.39 is 0 Å². The molecule has 1 aromatic heterocycles. The monoisotopic (exact) mass is 321 g/mol. The quantitative estimate of drug-likeness (QED) is 0.488. The minimum Gasteiger partial charge on any atom is -0.465 e. The highest BCUT2D eigenvalue weighted by Gasteiger charge is 2.28. The average molecular weight is 321 g/mol. The van der Waals surface area contributed by atoms with E-state index in [1.165, 1.54) is 27.5 Å². The maximum atomic E-state index is 6.48. The van der Waals surface area contributed by atoms with Gasteiger partial charge in [0.05, 0.1) is 11.2 Å². The van der Waals surface area contributed by atoms with Gasteiger partial charge in [-0.05, 0) is 29.7 Å². The zero-order valence-corrected chi connectivity index (χ0v) is 14.4. The summed E-state index contributed by atoms with van der Waals surface area (Å²) < 4.78 is 8.81. The van der Waals surface area contributed by atoms with E-state index in [2.05, 4.69) is 87.0 Å². The molecule has 0 fully saturated rings. The molecule has 0 spiro atoms. The number of ether oxygens (including phenoxy) is 1. The van der Waals surface area contributed by atoms with Gasteiger partial charge in [0, 0.05) is 11.1 Å². The van der Waals surface area contributed by atoms with Crippen molar-refractivity contribution in [2.75, 3.05) is 0 Å². The second-order valence-corrected chi connectivity index (χ2v) is 6.84. The summed E-state index contributed by atoms with van der Waals surface area (Å²) in [7, 11) is 4.24. The topological polar surface area (TPSA) is 14.2 Å². The number of rotatable bonds is 1. The van der Waals surface area contributed by atoms with Crippen molar-refractivity contribution >= 4 is 37.5 Å². The zero-order valence-electron chi connectivity index (χ0n) is 14.4. The highest BCUT2D eigenvalue weighted by Crippen LogP contribution is 2.43. The van der Waals surface area contributed by atoms with E-state index in [4.69, 9.17) is 4.74 Å². The Hall–Kier alpha value is -2.87. The highest BCUT2D eigenvalue weighted by molar-refractivity contribution is 6.33. The molecule has 0 radical (unpaired) electrons. The third-order valence-corrected chi connectivity index (χ3v) is 4.97. The lowest BCUT2D eigenvalue weighted by molar-refractivity contribution is 0.173. The maximum absolute atomic E-state index is 6.48. The Morgan fingerprint density at radius 3 is 2.40 bits per heavy atom. The Kier molecular flexibility index (Phi) is 3.08. The van der Waals surface area contributed by atoms with Crippen LogP contribution in [0.15, 0.2) is 72.8 Å². The van der Waals surface area contributed by atoms with Crippen LogP contribution in [-0.2, 0) is 0 Å². The molecule has 4 aromatic rings. The van der Waals surface area contributed by atoms with E-state index >= 15 is 0 Å². The molecule has 0 N–H and O–H groups in total. The Morgan fingerprint density at radius 1 is 0.800 bits per heavy atom. The van der Waals surface area contributed by atoms with E-state index in [1.54, 1.807) is 0 Å². The minimum atomic E-state index is -0.147. The van der Waals surface area contributed by atoms with Gasteiger partial charge in [-0.15, -0.1) is 0 Å². The summed E-state index contributed by atoms with van der Waals surface area (Å²) in [5.74, 6) is 0.959. The molecule has 0 saturated carbocycles. The molecule has 0 aliphatic carbocycles. The number of hydrogen-bond donors (Lipinski definition) is 0. The van der Waals surface area contributed by atoms with Crippen LogP contribution in [0.1, 0.15) is 11.8 Å². The zero-order chi connectivity index (χ0) is 17.0. The van der Waals surface area contributed by atoms with Gasteiger partial charge in [-0.25, -0.2) is 0 Å². The van der Waals surface area contributed by atoms with Gasteiger partial charge < -0.3 is 9.30 Å². The summed E-state index contributed by atoms with van der Waals surface area (Å²) in [6, 6.07) is 25.8. The molecule has 2 nitrogen and oxygen atoms in total. The van der Waals surface area contributed by atoms with Crippen LogP contribution in [0.3, 0.4) is 0 Å². The fraction of sp³-hybridized carbons (Fsp3) is 0.0476. The predicted molar refractivity (Wildman–Crippen MR) is 109 cm³/mol. The first-order valence-corrected chi connectivity index (χ1v) is 8.65. The number of benzene rings is 3. The van der Waals surface area contributed by atoms with Crippen LogP contribution >= 0.6 is 0 Å². The normalized spacial score (nSPS) is 15.4. The van der Waals surface area contributed by atoms with Crippen LogP contribution in [0.2, 0.25) is 0 Å². The van der Waals surface area contributed by atoms with Gasteiger partial charge in [0.25, 0.3) is 0 Å². The van der Waals surface area contributed by atoms with Crippen molar-refractivity contribution in [1.29, 1.82) is 0 Å². The number of fused-ring (bicyclic) bond motifs is 5. The van der Waals surface area contributed by atoms with Gasteiger partial charge >= 0.3 is 0 Å². The van der Waals surface area contributed by atoms with E-state index in [0.29, 0.717) is 0 Å². The summed E-state index contributed by atoms with van der Waals surface area (Å²) in [6.07, 6.45) is -0.147. The Balaban J connectivity index is 1.84. The number of hydrogen-bond acceptors (Lipinski definition) is 1. The highest BCUT2D eigenvalue weighted by atomic mass is 16.5. The molecule has 25 heavy (non-hydrogen) atoms. The maximum Gasteiger partial charge on any atom is 0.203 e. The van der Waals surface area contributed by atoms with E-state index in [1.807, 2.05) is 6.07 Å². The van der Waals surface area contributed by atoms with Crippen LogP contribution < -0.4 is 15.7 Å². The molecule has 0 bridgehead atoms. The molecule has 2 heterocycles. The van der Waals surface area contributed by atoms with Gasteiger partial charge in [-0.1, -0.05) is 59.5 Å². The van der Waals surface area contributed by atoms with E-state index in [9.17, 15) is 0 Å². The average Bonchev–Trinajstić information content (AvgIpc) is 3.00. The number of nitrogens with zero attached hydrogens (tertiary/aromatic N) is 1. The van der Waals surface area contributed by atoms with Gasteiger partial charge in [-0.2, -0.15) is 0 Å². The van der Waals surface area contributed by atoms with Crippen molar-refractivity contribution in [3.05, 3.63) is 78.4 Å². The second-order valence-electron chi connectivity index (χ2n) is 6.84. The molecule has 118 valence electrons. The second kappa shape index (κ2) is 5.32. The van der Waals surface area contributed by atoms with Gasteiger partial charge in [0.1, 0.15) is 21.4 Å². The molecule has 4 heteroatoms. The Bertz CT molecular complexity index is 1100. The van der Waals surface area contributed by atoms with Crippen LogP contribution in [0.25, 0.3) is 22.2 Å². The SMILES string of the molecule is Bc1ccc2c(c1)O[C@H](c1ccccc1)n1c-2cc2cc(B)ccc21. The third-order valence-electron chi connectivity index (χ3n) is 4.97. The van der Waals surface area contributed by atoms with Crippen LogP contribution in [-0.4, -0.2) is 20.3 Å². The van der Waals surface area contributed by atoms with Crippen molar-refractivity contribution in [2.24, 2.45) is 0 Å². The molecule has 0 unspecified atom stereocenters. The van der Waals surface area contributed by atoms with Crippen LogP contribution in [0, 0.1) is 0 Å². The van der Waals surface area contributed by atoms with Gasteiger partial charge in [0.2, 0.25) is 6.23 Å². The Labute approximate surface area is 148 Å². The predicted octanol–water partition coefficient (Wildman–Crippen LogP) is 1.76.